The third-order valence-electron chi connectivity index (χ3n) is 4.12. The molecule has 0 bridgehead atoms. The summed E-state index contributed by atoms with van der Waals surface area (Å²) in [6, 6.07) is 7.26. The largest absolute Gasteiger partial charge is 0.457 e. The van der Waals surface area contributed by atoms with Gasteiger partial charge >= 0.3 is 12.4 Å². The van der Waals surface area contributed by atoms with Crippen LogP contribution in [-0.2, 0) is 17.1 Å². The molecule has 0 saturated heterocycles. The first-order valence-corrected chi connectivity index (χ1v) is 8.73. The Hall–Kier alpha value is -3.56. The van der Waals surface area contributed by atoms with Crippen molar-refractivity contribution >= 4 is 11.7 Å². The molecule has 1 N–H and O–H groups in total. The van der Waals surface area contributed by atoms with Gasteiger partial charge in [0.1, 0.15) is 11.5 Å². The second-order valence-electron chi connectivity index (χ2n) is 6.43. The maximum Gasteiger partial charge on any atom is 0.417 e. The molecule has 0 radical (unpaired) electrons. The van der Waals surface area contributed by atoms with Crippen molar-refractivity contribution in [2.24, 2.45) is 0 Å². The van der Waals surface area contributed by atoms with Crippen molar-refractivity contribution < 1.29 is 40.7 Å². The van der Waals surface area contributed by atoms with E-state index in [0.29, 0.717) is 6.07 Å². The van der Waals surface area contributed by atoms with Crippen LogP contribution < -0.4 is 10.1 Å². The molecule has 0 heterocycles. The lowest BCUT2D eigenvalue weighted by Gasteiger charge is -2.20. The monoisotopic (exact) mass is 441 g/mol. The summed E-state index contributed by atoms with van der Waals surface area (Å²) < 4.78 is 85.9. The summed E-state index contributed by atoms with van der Waals surface area (Å²) in [6.07, 6.45) is -6.67. The lowest BCUT2D eigenvalue weighted by Crippen LogP contribution is -2.27. The number of halogens is 6. The number of carbonyl (C=O) groups excluding carboxylic acids is 2. The average Bonchev–Trinajstić information content (AvgIpc) is 2.66. The molecule has 0 saturated carbocycles. The van der Waals surface area contributed by atoms with E-state index in [4.69, 9.17) is 4.74 Å². The molecule has 0 aliphatic heterocycles. The summed E-state index contributed by atoms with van der Waals surface area (Å²) >= 11 is 0. The van der Waals surface area contributed by atoms with E-state index in [1.165, 1.54) is 36.4 Å². The number of nitrogens with one attached hydrogen (secondary N) is 1. The van der Waals surface area contributed by atoms with Gasteiger partial charge in [-0.25, -0.2) is 0 Å². The smallest absolute Gasteiger partial charge is 0.417 e. The fourth-order valence-electron chi connectivity index (χ4n) is 2.79. The van der Waals surface area contributed by atoms with Crippen LogP contribution in [-0.4, -0.2) is 11.7 Å². The Kier molecular flexibility index (Phi) is 5.92. The van der Waals surface area contributed by atoms with Crippen molar-refractivity contribution in [1.82, 2.24) is 5.32 Å². The fraction of sp³-hybridized carbons (Fsp3) is 0.143. The van der Waals surface area contributed by atoms with Crippen LogP contribution in [0.15, 0.2) is 66.4 Å². The molecule has 2 aromatic rings. The molecule has 1 aliphatic rings. The number of ether oxygens (including phenoxy) is 1. The summed E-state index contributed by atoms with van der Waals surface area (Å²) in [5.74, 6) is -2.78. The zero-order valence-electron chi connectivity index (χ0n) is 15.5. The van der Waals surface area contributed by atoms with E-state index in [1.54, 1.807) is 6.07 Å². The topological polar surface area (TPSA) is 55.4 Å². The minimum atomic E-state index is -5.30. The van der Waals surface area contributed by atoms with E-state index in [-0.39, 0.29) is 23.9 Å². The summed E-state index contributed by atoms with van der Waals surface area (Å²) in [5, 5.41) is 2.12. The van der Waals surface area contributed by atoms with Crippen LogP contribution in [0, 0.1) is 0 Å². The van der Waals surface area contributed by atoms with E-state index in [1.807, 2.05) is 0 Å². The van der Waals surface area contributed by atoms with E-state index in [0.717, 1.165) is 6.08 Å². The molecule has 31 heavy (non-hydrogen) atoms. The maximum atomic E-state index is 13.7. The van der Waals surface area contributed by atoms with Gasteiger partial charge < -0.3 is 10.1 Å². The number of alkyl halides is 6. The minimum Gasteiger partial charge on any atom is -0.457 e. The predicted octanol–water partition coefficient (Wildman–Crippen LogP) is 5.66. The van der Waals surface area contributed by atoms with Crippen molar-refractivity contribution in [3.63, 3.8) is 0 Å². The summed E-state index contributed by atoms with van der Waals surface area (Å²) in [7, 11) is 0. The Morgan fingerprint density at radius 1 is 0.968 bits per heavy atom. The second kappa shape index (κ2) is 8.29. The van der Waals surface area contributed by atoms with Gasteiger partial charge in [-0.15, -0.1) is 0 Å². The van der Waals surface area contributed by atoms with Crippen molar-refractivity contribution in [2.45, 2.75) is 18.8 Å². The van der Waals surface area contributed by atoms with Crippen molar-refractivity contribution in [1.29, 1.82) is 0 Å². The van der Waals surface area contributed by atoms with Crippen LogP contribution in [0.4, 0.5) is 26.3 Å². The number of rotatable bonds is 4. The zero-order valence-corrected chi connectivity index (χ0v) is 15.5. The van der Waals surface area contributed by atoms with Gasteiger partial charge in [0.25, 0.3) is 5.91 Å². The minimum absolute atomic E-state index is 0.0514. The van der Waals surface area contributed by atoms with Crippen LogP contribution in [0.1, 0.15) is 27.9 Å². The SMILES string of the molecule is O=C1C=C(NC(=O)c2c(Oc3ccccc3)cc(C(F)(F)F)cc2C(F)(F)F)C=CC1. The quantitative estimate of drug-likeness (QED) is 0.623. The second-order valence-corrected chi connectivity index (χ2v) is 6.43. The lowest BCUT2D eigenvalue weighted by atomic mass is 10.00. The van der Waals surface area contributed by atoms with Gasteiger partial charge in [-0.05, 0) is 30.3 Å². The molecule has 10 heteroatoms. The maximum absolute atomic E-state index is 13.7. The number of carbonyl (C=O) groups is 2. The van der Waals surface area contributed by atoms with Crippen LogP contribution in [0.25, 0.3) is 0 Å². The molecule has 0 spiro atoms. The Morgan fingerprint density at radius 3 is 2.23 bits per heavy atom. The van der Waals surface area contributed by atoms with Gasteiger partial charge in [-0.1, -0.05) is 24.3 Å². The highest BCUT2D eigenvalue weighted by molar-refractivity contribution is 6.01. The van der Waals surface area contributed by atoms with E-state index < -0.39 is 46.5 Å². The van der Waals surface area contributed by atoms with Gasteiger partial charge in [-0.3, -0.25) is 9.59 Å². The van der Waals surface area contributed by atoms with Crippen molar-refractivity contribution in [3.8, 4) is 11.5 Å². The number of allylic oxidation sites excluding steroid dienone is 3. The number of amides is 1. The third-order valence-corrected chi connectivity index (χ3v) is 4.12. The Bertz CT molecular complexity index is 1070. The highest BCUT2D eigenvalue weighted by Crippen LogP contribution is 2.42. The Balaban J connectivity index is 2.16. The van der Waals surface area contributed by atoms with Crippen LogP contribution in [0.5, 0.6) is 11.5 Å². The van der Waals surface area contributed by atoms with Gasteiger partial charge in [0, 0.05) is 18.2 Å². The highest BCUT2D eigenvalue weighted by Gasteiger charge is 2.42. The average molecular weight is 441 g/mol. The summed E-state index contributed by atoms with van der Waals surface area (Å²) in [5.41, 5.74) is -4.69. The molecule has 0 unspecified atom stereocenters. The summed E-state index contributed by atoms with van der Waals surface area (Å²) in [6.45, 7) is 0. The van der Waals surface area contributed by atoms with Gasteiger partial charge in [0.2, 0.25) is 0 Å². The number of ketones is 1. The third kappa shape index (κ3) is 5.33. The normalized spacial score (nSPS) is 14.3. The Labute approximate surface area is 171 Å². The number of hydrogen-bond acceptors (Lipinski definition) is 3. The molecule has 2 aromatic carbocycles. The number of para-hydroxylation sites is 1. The number of hydrogen-bond donors (Lipinski definition) is 1. The van der Waals surface area contributed by atoms with Crippen LogP contribution in [0.3, 0.4) is 0 Å². The van der Waals surface area contributed by atoms with Crippen molar-refractivity contribution in [2.75, 3.05) is 0 Å². The van der Waals surface area contributed by atoms with Crippen LogP contribution in [0.2, 0.25) is 0 Å². The molecular weight excluding hydrogens is 428 g/mol. The first-order valence-electron chi connectivity index (χ1n) is 8.73. The standard InChI is InChI=1S/C21H13F6NO3/c22-20(23,24)12-9-16(21(25,26)27)18(17(10-12)31-15-7-2-1-3-8-15)19(30)28-13-5-4-6-14(29)11-13/h1-5,7-11H,6H2,(H,28,30). The zero-order chi connectivity index (χ0) is 22.8. The van der Waals surface area contributed by atoms with Gasteiger partial charge in [0.15, 0.2) is 5.78 Å². The molecule has 1 aliphatic carbocycles. The van der Waals surface area contributed by atoms with Crippen LogP contribution >= 0.6 is 0 Å². The summed E-state index contributed by atoms with van der Waals surface area (Å²) in [4.78, 5) is 24.2. The first kappa shape index (κ1) is 22.1. The molecule has 0 aromatic heterocycles. The molecule has 3 rings (SSSR count). The van der Waals surface area contributed by atoms with E-state index in [9.17, 15) is 35.9 Å². The Morgan fingerprint density at radius 2 is 1.65 bits per heavy atom. The van der Waals surface area contributed by atoms with Gasteiger partial charge in [-0.2, -0.15) is 26.3 Å². The molecule has 0 atom stereocenters. The van der Waals surface area contributed by atoms with Gasteiger partial charge in [0.05, 0.1) is 16.7 Å². The first-order chi connectivity index (χ1) is 14.4. The molecular formula is C21H13F6NO3. The van der Waals surface area contributed by atoms with E-state index in [2.05, 4.69) is 5.32 Å². The molecule has 4 nitrogen and oxygen atoms in total. The van der Waals surface area contributed by atoms with Crippen molar-refractivity contribution in [3.05, 3.63) is 83.1 Å². The lowest BCUT2D eigenvalue weighted by molar-refractivity contribution is -0.143. The molecule has 0 fully saturated rings. The highest BCUT2D eigenvalue weighted by atomic mass is 19.4. The molecule has 162 valence electrons. The predicted molar refractivity (Wildman–Crippen MR) is 97.3 cm³/mol. The molecule has 1 amide bonds. The van der Waals surface area contributed by atoms with E-state index >= 15 is 0 Å². The number of benzene rings is 2. The fourth-order valence-corrected chi connectivity index (χ4v) is 2.79.